The van der Waals surface area contributed by atoms with Gasteiger partial charge in [0, 0.05) is 24.4 Å². The molecule has 2 aromatic rings. The predicted octanol–water partition coefficient (Wildman–Crippen LogP) is 1.78. The summed E-state index contributed by atoms with van der Waals surface area (Å²) in [6, 6.07) is 5.19. The molecule has 0 saturated carbocycles. The number of aromatic nitrogens is 1. The normalized spacial score (nSPS) is 18.5. The van der Waals surface area contributed by atoms with Gasteiger partial charge < -0.3 is 9.32 Å². The SMILES string of the molecule is [N-]=[N+]=NCC1CC(=O)N(c2cccc3[nH]c(=O)oc23)C1. The van der Waals surface area contributed by atoms with E-state index in [0.29, 0.717) is 29.8 Å². The number of azide groups is 1. The molecule has 3 rings (SSSR count). The van der Waals surface area contributed by atoms with Gasteiger partial charge in [0.1, 0.15) is 0 Å². The molecule has 1 atom stereocenters. The lowest BCUT2D eigenvalue weighted by Crippen LogP contribution is -2.24. The average molecular weight is 273 g/mol. The van der Waals surface area contributed by atoms with Crippen LogP contribution in [-0.2, 0) is 4.79 Å². The van der Waals surface area contributed by atoms with Gasteiger partial charge >= 0.3 is 5.76 Å². The fraction of sp³-hybridized carbons (Fsp3) is 0.333. The summed E-state index contributed by atoms with van der Waals surface area (Å²) in [4.78, 5) is 30.1. The zero-order valence-corrected chi connectivity index (χ0v) is 10.4. The minimum atomic E-state index is -0.551. The van der Waals surface area contributed by atoms with Crippen LogP contribution in [0.25, 0.3) is 21.5 Å². The van der Waals surface area contributed by atoms with Crippen molar-refractivity contribution in [3.05, 3.63) is 39.2 Å². The molecule has 2 heterocycles. The van der Waals surface area contributed by atoms with E-state index in [2.05, 4.69) is 15.0 Å². The number of para-hydroxylation sites is 1. The molecule has 8 nitrogen and oxygen atoms in total. The number of amides is 1. The summed E-state index contributed by atoms with van der Waals surface area (Å²) in [7, 11) is 0. The Kier molecular flexibility index (Phi) is 2.92. The summed E-state index contributed by atoms with van der Waals surface area (Å²) in [5.41, 5.74) is 9.81. The average Bonchev–Trinajstić information content (AvgIpc) is 2.98. The standard InChI is InChI=1S/C12H11N5O3/c13-16-14-5-7-4-10(18)17(6-7)9-3-1-2-8-11(9)20-12(19)15-8/h1-3,7H,4-6H2,(H,15,19). The Labute approximate surface area is 112 Å². The third-order valence-corrected chi connectivity index (χ3v) is 3.32. The summed E-state index contributed by atoms with van der Waals surface area (Å²) < 4.78 is 5.09. The zero-order valence-electron chi connectivity index (χ0n) is 10.4. The molecule has 0 aliphatic carbocycles. The maximum atomic E-state index is 12.1. The first-order valence-corrected chi connectivity index (χ1v) is 6.12. The highest BCUT2D eigenvalue weighted by Gasteiger charge is 2.31. The van der Waals surface area contributed by atoms with Crippen LogP contribution in [0.2, 0.25) is 0 Å². The van der Waals surface area contributed by atoms with Crippen LogP contribution in [0.4, 0.5) is 5.69 Å². The van der Waals surface area contributed by atoms with Crippen molar-refractivity contribution >= 4 is 22.7 Å². The molecule has 0 spiro atoms. The molecule has 1 fully saturated rings. The molecule has 0 radical (unpaired) electrons. The van der Waals surface area contributed by atoms with Crippen molar-refractivity contribution in [1.82, 2.24) is 4.98 Å². The van der Waals surface area contributed by atoms with E-state index < -0.39 is 5.76 Å². The highest BCUT2D eigenvalue weighted by atomic mass is 16.4. The van der Waals surface area contributed by atoms with Gasteiger partial charge in [-0.1, -0.05) is 11.2 Å². The fourth-order valence-electron chi connectivity index (χ4n) is 2.46. The van der Waals surface area contributed by atoms with Crippen LogP contribution >= 0.6 is 0 Å². The van der Waals surface area contributed by atoms with Crippen molar-refractivity contribution in [3.8, 4) is 0 Å². The Balaban J connectivity index is 1.97. The fourth-order valence-corrected chi connectivity index (χ4v) is 2.46. The molecule has 1 N–H and O–H groups in total. The lowest BCUT2D eigenvalue weighted by Gasteiger charge is -2.16. The summed E-state index contributed by atoms with van der Waals surface area (Å²) >= 11 is 0. The van der Waals surface area contributed by atoms with Crippen molar-refractivity contribution in [2.24, 2.45) is 11.0 Å². The first kappa shape index (κ1) is 12.3. The van der Waals surface area contributed by atoms with Gasteiger partial charge in [-0.3, -0.25) is 9.78 Å². The molecular formula is C12H11N5O3. The minimum absolute atomic E-state index is 0.0145. The smallest absolute Gasteiger partial charge is 0.406 e. The van der Waals surface area contributed by atoms with Crippen LogP contribution in [-0.4, -0.2) is 24.0 Å². The number of carbonyl (C=O) groups excluding carboxylic acids is 1. The van der Waals surface area contributed by atoms with E-state index in [1.165, 1.54) is 0 Å². The second-order valence-electron chi connectivity index (χ2n) is 4.66. The summed E-state index contributed by atoms with van der Waals surface area (Å²) in [5, 5.41) is 3.50. The molecule has 1 aliphatic heterocycles. The van der Waals surface area contributed by atoms with E-state index >= 15 is 0 Å². The van der Waals surface area contributed by atoms with E-state index in [0.717, 1.165) is 0 Å². The summed E-state index contributed by atoms with van der Waals surface area (Å²) in [6.07, 6.45) is 0.323. The molecule has 1 aliphatic rings. The molecule has 1 amide bonds. The number of fused-ring (bicyclic) bond motifs is 1. The topological polar surface area (TPSA) is 115 Å². The number of aromatic amines is 1. The number of benzene rings is 1. The van der Waals surface area contributed by atoms with Crippen molar-refractivity contribution in [1.29, 1.82) is 0 Å². The van der Waals surface area contributed by atoms with Crippen LogP contribution in [0.5, 0.6) is 0 Å². The lowest BCUT2D eigenvalue weighted by atomic mass is 10.1. The maximum Gasteiger partial charge on any atom is 0.417 e. The van der Waals surface area contributed by atoms with E-state index in [4.69, 9.17) is 9.95 Å². The van der Waals surface area contributed by atoms with Crippen LogP contribution in [0.15, 0.2) is 32.5 Å². The van der Waals surface area contributed by atoms with Gasteiger partial charge in [0.05, 0.1) is 11.2 Å². The van der Waals surface area contributed by atoms with Gasteiger partial charge in [-0.05, 0) is 23.6 Å². The summed E-state index contributed by atoms with van der Waals surface area (Å²) in [6.45, 7) is 0.734. The van der Waals surface area contributed by atoms with Crippen molar-refractivity contribution < 1.29 is 9.21 Å². The Hall–Kier alpha value is -2.73. The summed E-state index contributed by atoms with van der Waals surface area (Å²) in [5.74, 6) is -0.636. The highest BCUT2D eigenvalue weighted by molar-refractivity contribution is 6.02. The Morgan fingerprint density at radius 1 is 1.50 bits per heavy atom. The number of hydrogen-bond donors (Lipinski definition) is 1. The van der Waals surface area contributed by atoms with Crippen LogP contribution in [0.3, 0.4) is 0 Å². The van der Waals surface area contributed by atoms with Crippen molar-refractivity contribution in [2.45, 2.75) is 6.42 Å². The second-order valence-corrected chi connectivity index (χ2v) is 4.66. The molecule has 8 heteroatoms. The van der Waals surface area contributed by atoms with Gasteiger partial charge in [0.15, 0.2) is 5.58 Å². The van der Waals surface area contributed by atoms with Crippen molar-refractivity contribution in [2.75, 3.05) is 18.0 Å². The molecule has 1 aromatic carbocycles. The van der Waals surface area contributed by atoms with Gasteiger partial charge in [-0.25, -0.2) is 4.79 Å². The predicted molar refractivity (Wildman–Crippen MR) is 71.3 cm³/mol. The molecule has 1 aromatic heterocycles. The Morgan fingerprint density at radius 3 is 3.15 bits per heavy atom. The van der Waals surface area contributed by atoms with Crippen LogP contribution in [0.1, 0.15) is 6.42 Å². The van der Waals surface area contributed by atoms with E-state index in [-0.39, 0.29) is 18.4 Å². The number of oxazole rings is 1. The molecule has 20 heavy (non-hydrogen) atoms. The Morgan fingerprint density at radius 2 is 2.35 bits per heavy atom. The largest absolute Gasteiger partial charge is 0.417 e. The number of H-pyrrole nitrogens is 1. The van der Waals surface area contributed by atoms with E-state index in [1.807, 2.05) is 0 Å². The first-order valence-electron chi connectivity index (χ1n) is 6.12. The number of anilines is 1. The van der Waals surface area contributed by atoms with E-state index in [9.17, 15) is 9.59 Å². The number of carbonyl (C=O) groups is 1. The van der Waals surface area contributed by atoms with Gasteiger partial charge in [0.25, 0.3) is 0 Å². The minimum Gasteiger partial charge on any atom is -0.406 e. The van der Waals surface area contributed by atoms with Gasteiger partial charge in [-0.2, -0.15) is 0 Å². The van der Waals surface area contributed by atoms with Crippen molar-refractivity contribution in [3.63, 3.8) is 0 Å². The number of rotatable bonds is 3. The third-order valence-electron chi connectivity index (χ3n) is 3.32. The quantitative estimate of drug-likeness (QED) is 0.522. The monoisotopic (exact) mass is 273 g/mol. The molecule has 102 valence electrons. The van der Waals surface area contributed by atoms with Gasteiger partial charge in [0.2, 0.25) is 5.91 Å². The zero-order chi connectivity index (χ0) is 14.1. The van der Waals surface area contributed by atoms with Crippen LogP contribution < -0.4 is 10.7 Å². The third kappa shape index (κ3) is 2.02. The molecule has 1 unspecified atom stereocenters. The van der Waals surface area contributed by atoms with Crippen LogP contribution in [0, 0.1) is 5.92 Å². The highest BCUT2D eigenvalue weighted by Crippen LogP contribution is 2.30. The molecule has 1 saturated heterocycles. The number of nitrogens with one attached hydrogen (secondary N) is 1. The number of hydrogen-bond acceptors (Lipinski definition) is 4. The van der Waals surface area contributed by atoms with E-state index in [1.54, 1.807) is 23.1 Å². The molecular weight excluding hydrogens is 262 g/mol. The first-order chi connectivity index (χ1) is 9.69. The molecule has 0 bridgehead atoms. The lowest BCUT2D eigenvalue weighted by molar-refractivity contribution is -0.117. The van der Waals surface area contributed by atoms with Gasteiger partial charge in [-0.15, -0.1) is 0 Å². The number of nitrogens with zero attached hydrogens (tertiary/aromatic N) is 4. The second kappa shape index (κ2) is 4.75. The Bertz CT molecular complexity index is 771. The maximum absolute atomic E-state index is 12.1.